The number of halogens is 1. The smallest absolute Gasteiger partial charge is 0.363 e. The Morgan fingerprint density at radius 3 is 2.32 bits per heavy atom. The van der Waals surface area contributed by atoms with Gasteiger partial charge in [-0.05, 0) is 22.6 Å². The van der Waals surface area contributed by atoms with Crippen LogP contribution in [0.15, 0.2) is 40.3 Å². The van der Waals surface area contributed by atoms with E-state index in [4.69, 9.17) is 0 Å². The molecule has 0 amide bonds. The Balaban J connectivity index is 2.48. The predicted molar refractivity (Wildman–Crippen MR) is 76.5 cm³/mol. The molecule has 1 unspecified atom stereocenters. The van der Waals surface area contributed by atoms with Crippen molar-refractivity contribution in [2.45, 2.75) is 9.39 Å². The second-order valence-corrected chi connectivity index (χ2v) is 5.33. The van der Waals surface area contributed by atoms with Crippen molar-refractivity contribution in [3.8, 4) is 0 Å². The van der Waals surface area contributed by atoms with E-state index in [1.165, 1.54) is 34.7 Å². The van der Waals surface area contributed by atoms with Crippen molar-refractivity contribution in [1.29, 1.82) is 0 Å². The summed E-state index contributed by atoms with van der Waals surface area (Å²) in [6.07, 6.45) is 2.18. The van der Waals surface area contributed by atoms with Crippen LogP contribution in [0.5, 0.6) is 0 Å². The summed E-state index contributed by atoms with van der Waals surface area (Å²) in [7, 11) is 0. The normalized spacial score (nSPS) is 19.1. The van der Waals surface area contributed by atoms with Crippen LogP contribution in [0.25, 0.3) is 0 Å². The first-order valence-corrected chi connectivity index (χ1v) is 6.24. The third kappa shape index (κ3) is 2.06. The van der Waals surface area contributed by atoms with Gasteiger partial charge < -0.3 is 5.11 Å². The number of ketones is 1. The lowest BCUT2D eigenvalue weighted by Crippen LogP contribution is -2.56. The summed E-state index contributed by atoms with van der Waals surface area (Å²) in [5.74, 6) is -3.25. The summed E-state index contributed by atoms with van der Waals surface area (Å²) in [5, 5.41) is 21.5. The molecule has 1 N–H and O–H groups in total. The number of aliphatic imine (C=N–C) groups is 2. The van der Waals surface area contributed by atoms with Crippen LogP contribution in [-0.2, 0) is 0 Å². The third-order valence-electron chi connectivity index (χ3n) is 2.61. The van der Waals surface area contributed by atoms with E-state index in [1.54, 1.807) is 18.2 Å². The van der Waals surface area contributed by atoms with Gasteiger partial charge >= 0.3 is 5.79 Å². The largest absolute Gasteiger partial charge is 0.457 e. The second kappa shape index (κ2) is 4.78. The molecule has 8 heteroatoms. The molecule has 7 nitrogen and oxygen atoms in total. The Morgan fingerprint density at radius 1 is 1.32 bits per heavy atom. The Hall–Kier alpha value is -1.68. The van der Waals surface area contributed by atoms with E-state index < -0.39 is 20.1 Å². The van der Waals surface area contributed by atoms with Gasteiger partial charge in [0.15, 0.2) is 0 Å². The number of benzene rings is 1. The number of hydrogen-bond donors (Lipinski definition) is 1. The molecule has 0 saturated heterocycles. The molecular formula is C11H8IN3O4. The van der Waals surface area contributed by atoms with Crippen molar-refractivity contribution in [2.75, 3.05) is 0 Å². The van der Waals surface area contributed by atoms with Crippen LogP contribution in [0.1, 0.15) is 10.4 Å². The minimum atomic E-state index is -2.43. The molecule has 1 heterocycles. The summed E-state index contributed by atoms with van der Waals surface area (Å²) < 4.78 is -2.40. The van der Waals surface area contributed by atoms with E-state index in [2.05, 4.69) is 9.98 Å². The van der Waals surface area contributed by atoms with E-state index in [0.717, 1.165) is 12.4 Å². The molecule has 0 aliphatic carbocycles. The average molecular weight is 373 g/mol. The monoisotopic (exact) mass is 373 g/mol. The van der Waals surface area contributed by atoms with Gasteiger partial charge in [-0.3, -0.25) is 14.9 Å². The van der Waals surface area contributed by atoms with Crippen molar-refractivity contribution in [3.63, 3.8) is 0 Å². The minimum absolute atomic E-state index is 0.151. The van der Waals surface area contributed by atoms with Gasteiger partial charge in [-0.25, -0.2) is 0 Å². The van der Waals surface area contributed by atoms with E-state index in [9.17, 15) is 20.0 Å². The molecule has 0 aromatic heterocycles. The van der Waals surface area contributed by atoms with E-state index >= 15 is 0 Å². The highest BCUT2D eigenvalue weighted by Gasteiger charge is 2.66. The first-order chi connectivity index (χ1) is 8.92. The molecule has 0 saturated carbocycles. The highest BCUT2D eigenvalue weighted by Crippen LogP contribution is 2.38. The van der Waals surface area contributed by atoms with E-state index in [1.807, 2.05) is 0 Å². The molecule has 1 aromatic rings. The van der Waals surface area contributed by atoms with Crippen molar-refractivity contribution < 1.29 is 14.8 Å². The quantitative estimate of drug-likeness (QED) is 0.280. The van der Waals surface area contributed by atoms with Crippen LogP contribution in [0, 0.1) is 10.1 Å². The van der Waals surface area contributed by atoms with Gasteiger partial charge in [0.2, 0.25) is 5.78 Å². The lowest BCUT2D eigenvalue weighted by atomic mass is 10.0. The number of carbonyl (C=O) groups excluding carboxylic acids is 1. The molecule has 19 heavy (non-hydrogen) atoms. The van der Waals surface area contributed by atoms with E-state index in [0.29, 0.717) is 0 Å². The Morgan fingerprint density at radius 2 is 1.84 bits per heavy atom. The van der Waals surface area contributed by atoms with Gasteiger partial charge in [0.25, 0.3) is 3.61 Å². The van der Waals surface area contributed by atoms with Gasteiger partial charge in [0.1, 0.15) is 0 Å². The molecule has 0 radical (unpaired) electrons. The van der Waals surface area contributed by atoms with Crippen LogP contribution >= 0.6 is 22.6 Å². The highest BCUT2D eigenvalue weighted by molar-refractivity contribution is 14.1. The number of alkyl halides is 1. The number of carbonyl (C=O) groups is 1. The summed E-state index contributed by atoms with van der Waals surface area (Å²) in [4.78, 5) is 29.7. The first kappa shape index (κ1) is 13.7. The molecule has 0 bridgehead atoms. The summed E-state index contributed by atoms with van der Waals surface area (Å²) >= 11 is 1.31. The molecular weight excluding hydrogens is 365 g/mol. The SMILES string of the molecule is O=C(c1ccccc1)C(O)(I)C1([N+](=O)[O-])N=CC=N1. The van der Waals surface area contributed by atoms with E-state index in [-0.39, 0.29) is 5.56 Å². The fourth-order valence-corrected chi connectivity index (χ4v) is 2.41. The number of Topliss-reactive ketones (excluding diaryl/α,β-unsaturated/α-hetero) is 1. The maximum Gasteiger partial charge on any atom is 0.457 e. The van der Waals surface area contributed by atoms with Gasteiger partial charge in [0, 0.05) is 18.0 Å². The van der Waals surface area contributed by atoms with Crippen LogP contribution in [0.2, 0.25) is 0 Å². The minimum Gasteiger partial charge on any atom is -0.363 e. The molecule has 1 atom stereocenters. The maximum absolute atomic E-state index is 12.3. The zero-order valence-corrected chi connectivity index (χ0v) is 11.6. The first-order valence-electron chi connectivity index (χ1n) is 5.16. The Labute approximate surface area is 121 Å². The molecule has 98 valence electrons. The number of nitro groups is 1. The van der Waals surface area contributed by atoms with Crippen molar-refractivity contribution in [3.05, 3.63) is 46.0 Å². The topological polar surface area (TPSA) is 105 Å². The zero-order valence-electron chi connectivity index (χ0n) is 9.43. The Bertz CT molecular complexity index is 571. The van der Waals surface area contributed by atoms with Crippen LogP contribution in [-0.4, -0.2) is 37.6 Å². The number of nitrogens with zero attached hydrogens (tertiary/aromatic N) is 3. The molecule has 1 aliphatic rings. The maximum atomic E-state index is 12.3. The average Bonchev–Trinajstić information content (AvgIpc) is 2.90. The molecule has 2 rings (SSSR count). The Kier molecular flexibility index (Phi) is 3.45. The summed E-state index contributed by atoms with van der Waals surface area (Å²) in [5.41, 5.74) is 0.151. The van der Waals surface area contributed by atoms with Crippen molar-refractivity contribution in [2.24, 2.45) is 9.98 Å². The number of rotatable bonds is 4. The lowest BCUT2D eigenvalue weighted by molar-refractivity contribution is -0.575. The van der Waals surface area contributed by atoms with Crippen molar-refractivity contribution >= 4 is 40.8 Å². The second-order valence-electron chi connectivity index (χ2n) is 3.77. The van der Waals surface area contributed by atoms with Crippen LogP contribution < -0.4 is 0 Å². The predicted octanol–water partition coefficient (Wildman–Crippen LogP) is 1.08. The van der Waals surface area contributed by atoms with Gasteiger partial charge in [0.05, 0.1) is 4.92 Å². The molecule has 1 aliphatic heterocycles. The third-order valence-corrected chi connectivity index (χ3v) is 3.83. The van der Waals surface area contributed by atoms with Crippen molar-refractivity contribution in [1.82, 2.24) is 0 Å². The fourth-order valence-electron chi connectivity index (χ4n) is 1.63. The van der Waals surface area contributed by atoms with Gasteiger partial charge in [-0.2, -0.15) is 9.98 Å². The van der Waals surface area contributed by atoms with Crippen LogP contribution in [0.4, 0.5) is 0 Å². The molecule has 0 fully saturated rings. The van der Waals surface area contributed by atoms with Gasteiger partial charge in [-0.15, -0.1) is 0 Å². The fraction of sp³-hybridized carbons (Fsp3) is 0.182. The summed E-state index contributed by atoms with van der Waals surface area (Å²) in [6.45, 7) is 0. The molecule has 1 aromatic carbocycles. The standard InChI is InChI=1S/C11H8IN3O4/c12-10(17,9(16)8-4-2-1-3-5-8)11(15(18)19)13-6-7-14-11/h1-7,17H. The zero-order chi connectivity index (χ0) is 14.1. The lowest BCUT2D eigenvalue weighted by Gasteiger charge is -2.26. The van der Waals surface area contributed by atoms with Gasteiger partial charge in [-0.1, -0.05) is 30.3 Å². The van der Waals surface area contributed by atoms with Crippen LogP contribution in [0.3, 0.4) is 0 Å². The summed E-state index contributed by atoms with van der Waals surface area (Å²) in [6, 6.07) is 7.81. The molecule has 0 spiro atoms. The number of aliphatic hydroxyl groups is 1. The number of hydrogen-bond acceptors (Lipinski definition) is 6. The highest BCUT2D eigenvalue weighted by atomic mass is 127.